The summed E-state index contributed by atoms with van der Waals surface area (Å²) in [6.07, 6.45) is 0.778. The first-order valence-electron chi connectivity index (χ1n) is 9.58. The van der Waals surface area contributed by atoms with E-state index >= 15 is 0 Å². The van der Waals surface area contributed by atoms with Crippen molar-refractivity contribution < 1.29 is 14.7 Å². The van der Waals surface area contributed by atoms with Crippen molar-refractivity contribution in [3.63, 3.8) is 0 Å². The summed E-state index contributed by atoms with van der Waals surface area (Å²) in [5.74, 6) is 0.444. The lowest BCUT2D eigenvalue weighted by atomic mass is 9.98. The number of hydrogen-bond donors (Lipinski definition) is 4. The molecular weight excluding hydrogens is 386 g/mol. The topological polar surface area (TPSA) is 104 Å². The molecule has 4 rings (SSSR count). The number of aldehydes is 1. The molecule has 5 N–H and O–H groups in total. The third-order valence-corrected chi connectivity index (χ3v) is 6.35. The van der Waals surface area contributed by atoms with Gasteiger partial charge in [0, 0.05) is 22.3 Å². The molecule has 4 atom stereocenters. The van der Waals surface area contributed by atoms with Gasteiger partial charge in [-0.2, -0.15) is 0 Å². The molecule has 0 aliphatic heterocycles. The quantitative estimate of drug-likeness (QED) is 0.420. The van der Waals surface area contributed by atoms with E-state index in [0.29, 0.717) is 18.6 Å². The number of nitrogens with two attached hydrogens (primary N) is 1. The largest absolute Gasteiger partial charge is 0.465 e. The second-order valence-electron chi connectivity index (χ2n) is 7.44. The zero-order chi connectivity index (χ0) is 20.4. The lowest BCUT2D eigenvalue weighted by Crippen LogP contribution is -2.37. The molecule has 1 heterocycles. The van der Waals surface area contributed by atoms with Crippen LogP contribution in [0.3, 0.4) is 0 Å². The third kappa shape index (κ3) is 4.41. The summed E-state index contributed by atoms with van der Waals surface area (Å²) in [4.78, 5) is 22.5. The molecule has 3 aromatic rings. The molecule has 1 amide bonds. The van der Waals surface area contributed by atoms with Crippen molar-refractivity contribution in [2.75, 3.05) is 5.32 Å². The van der Waals surface area contributed by atoms with Gasteiger partial charge >= 0.3 is 6.09 Å². The molecule has 0 bridgehead atoms. The van der Waals surface area contributed by atoms with Gasteiger partial charge < -0.3 is 26.3 Å². The van der Waals surface area contributed by atoms with Gasteiger partial charge in [-0.15, -0.1) is 11.3 Å². The van der Waals surface area contributed by atoms with Gasteiger partial charge in [-0.25, -0.2) is 4.79 Å². The van der Waals surface area contributed by atoms with Gasteiger partial charge in [0.25, 0.3) is 0 Å². The molecule has 0 spiro atoms. The van der Waals surface area contributed by atoms with E-state index in [-0.39, 0.29) is 12.1 Å². The summed E-state index contributed by atoms with van der Waals surface area (Å²) in [7, 11) is 0. The minimum atomic E-state index is -1.21. The normalized spacial score (nSPS) is 20.0. The maximum atomic E-state index is 11.5. The molecule has 7 heteroatoms. The van der Waals surface area contributed by atoms with Crippen LogP contribution < -0.4 is 16.4 Å². The number of fused-ring (bicyclic) bond motifs is 1. The Morgan fingerprint density at radius 1 is 1.24 bits per heavy atom. The number of anilines is 1. The van der Waals surface area contributed by atoms with Crippen molar-refractivity contribution in [2.24, 2.45) is 5.73 Å². The molecule has 1 saturated carbocycles. The zero-order valence-corrected chi connectivity index (χ0v) is 16.6. The Morgan fingerprint density at radius 2 is 1.97 bits per heavy atom. The Kier molecular flexibility index (Phi) is 5.51. The van der Waals surface area contributed by atoms with Gasteiger partial charge in [-0.3, -0.25) is 0 Å². The number of carbonyl (C=O) groups excluding carboxylic acids is 1. The van der Waals surface area contributed by atoms with Crippen LogP contribution in [0.25, 0.3) is 10.1 Å². The number of amides is 1. The Morgan fingerprint density at radius 3 is 2.62 bits per heavy atom. The standard InChI is InChI=1S/C22H23N3O3S/c23-19-10-17(19)13-5-7-14(8-6-13)24-20(9-15(11-26)25-22(27)28)18-12-29-21-4-2-1-3-16(18)21/h1-8,11-12,15,17,19-20,24-25H,9-10,23H2,(H,27,28). The summed E-state index contributed by atoms with van der Waals surface area (Å²) < 4.78 is 1.15. The number of hydrogen-bond acceptors (Lipinski definition) is 5. The second kappa shape index (κ2) is 8.23. The van der Waals surface area contributed by atoms with Crippen molar-refractivity contribution in [3.8, 4) is 0 Å². The van der Waals surface area contributed by atoms with E-state index < -0.39 is 12.1 Å². The molecule has 1 aliphatic carbocycles. The molecule has 29 heavy (non-hydrogen) atoms. The number of nitrogens with one attached hydrogen (secondary N) is 2. The molecule has 4 unspecified atom stereocenters. The van der Waals surface area contributed by atoms with Crippen LogP contribution in [0.1, 0.15) is 35.9 Å². The highest BCUT2D eigenvalue weighted by Crippen LogP contribution is 2.40. The molecule has 2 aromatic carbocycles. The average molecular weight is 410 g/mol. The van der Waals surface area contributed by atoms with Crippen molar-refractivity contribution in [3.05, 3.63) is 65.0 Å². The number of thiophene rings is 1. The van der Waals surface area contributed by atoms with Gasteiger partial charge in [-0.05, 0) is 52.9 Å². The van der Waals surface area contributed by atoms with Crippen LogP contribution in [0.5, 0.6) is 0 Å². The minimum absolute atomic E-state index is 0.220. The molecule has 150 valence electrons. The van der Waals surface area contributed by atoms with E-state index in [2.05, 4.69) is 34.2 Å². The highest BCUT2D eigenvalue weighted by molar-refractivity contribution is 7.17. The van der Waals surface area contributed by atoms with Crippen LogP contribution in [-0.2, 0) is 4.79 Å². The van der Waals surface area contributed by atoms with Gasteiger partial charge in [0.1, 0.15) is 6.29 Å². The summed E-state index contributed by atoms with van der Waals surface area (Å²) in [5, 5.41) is 18.0. The minimum Gasteiger partial charge on any atom is -0.465 e. The van der Waals surface area contributed by atoms with Crippen LogP contribution in [0.15, 0.2) is 53.9 Å². The fraction of sp³-hybridized carbons (Fsp3) is 0.273. The Hall–Kier alpha value is -2.90. The van der Waals surface area contributed by atoms with Crippen LogP contribution in [0, 0.1) is 0 Å². The molecule has 1 aromatic heterocycles. The van der Waals surface area contributed by atoms with Crippen molar-refractivity contribution in [1.82, 2.24) is 5.32 Å². The summed E-state index contributed by atoms with van der Waals surface area (Å²) >= 11 is 1.64. The predicted octanol–water partition coefficient (Wildman–Crippen LogP) is 4.09. The zero-order valence-electron chi connectivity index (χ0n) is 15.7. The molecule has 1 fully saturated rings. The Balaban J connectivity index is 1.60. The second-order valence-corrected chi connectivity index (χ2v) is 8.35. The number of carbonyl (C=O) groups is 2. The lowest BCUT2D eigenvalue weighted by molar-refractivity contribution is -0.109. The van der Waals surface area contributed by atoms with Crippen LogP contribution >= 0.6 is 11.3 Å². The Labute approximate surface area is 172 Å². The van der Waals surface area contributed by atoms with Gasteiger partial charge in [-0.1, -0.05) is 30.3 Å². The summed E-state index contributed by atoms with van der Waals surface area (Å²) in [5.41, 5.74) is 9.15. The fourth-order valence-corrected chi connectivity index (χ4v) is 4.73. The summed E-state index contributed by atoms with van der Waals surface area (Å²) in [6.45, 7) is 0. The smallest absolute Gasteiger partial charge is 0.405 e. The fourth-order valence-electron chi connectivity index (χ4n) is 3.72. The van der Waals surface area contributed by atoms with Gasteiger partial charge in [0.2, 0.25) is 0 Å². The summed E-state index contributed by atoms with van der Waals surface area (Å²) in [6, 6.07) is 15.5. The van der Waals surface area contributed by atoms with E-state index in [0.717, 1.165) is 27.8 Å². The Bertz CT molecular complexity index is 1020. The van der Waals surface area contributed by atoms with E-state index in [9.17, 15) is 9.59 Å². The first-order valence-corrected chi connectivity index (χ1v) is 10.5. The first-order chi connectivity index (χ1) is 14.0. The SMILES string of the molecule is NC1CC1c1ccc(NC(CC(C=O)NC(=O)O)c2csc3ccccc23)cc1. The molecule has 0 saturated heterocycles. The number of carboxylic acid groups (broad SMARTS) is 1. The van der Waals surface area contributed by atoms with E-state index in [1.807, 2.05) is 30.3 Å². The van der Waals surface area contributed by atoms with Crippen molar-refractivity contribution in [2.45, 2.75) is 36.9 Å². The highest BCUT2D eigenvalue weighted by Gasteiger charge is 2.34. The lowest BCUT2D eigenvalue weighted by Gasteiger charge is -2.23. The third-order valence-electron chi connectivity index (χ3n) is 5.37. The van der Waals surface area contributed by atoms with Crippen LogP contribution in [0.4, 0.5) is 10.5 Å². The van der Waals surface area contributed by atoms with Crippen molar-refractivity contribution in [1.29, 1.82) is 0 Å². The maximum absolute atomic E-state index is 11.5. The molecule has 0 radical (unpaired) electrons. The van der Waals surface area contributed by atoms with E-state index in [1.165, 1.54) is 5.56 Å². The van der Waals surface area contributed by atoms with Crippen LogP contribution in [0.2, 0.25) is 0 Å². The van der Waals surface area contributed by atoms with E-state index in [1.54, 1.807) is 11.3 Å². The van der Waals surface area contributed by atoms with Crippen LogP contribution in [-0.4, -0.2) is 29.6 Å². The van der Waals surface area contributed by atoms with Gasteiger partial charge in [0.05, 0.1) is 12.1 Å². The van der Waals surface area contributed by atoms with E-state index in [4.69, 9.17) is 10.8 Å². The van der Waals surface area contributed by atoms with Gasteiger partial charge in [0.15, 0.2) is 0 Å². The van der Waals surface area contributed by atoms with Crippen molar-refractivity contribution >= 4 is 39.5 Å². The number of benzene rings is 2. The first kappa shape index (κ1) is 19.4. The number of rotatable bonds is 8. The molecule has 6 nitrogen and oxygen atoms in total. The molecule has 1 aliphatic rings. The average Bonchev–Trinajstić information content (AvgIpc) is 3.29. The predicted molar refractivity (Wildman–Crippen MR) is 116 cm³/mol. The monoisotopic (exact) mass is 409 g/mol. The highest BCUT2D eigenvalue weighted by atomic mass is 32.1. The maximum Gasteiger partial charge on any atom is 0.405 e. The molecular formula is C22H23N3O3S.